The maximum absolute atomic E-state index is 12.2. The lowest BCUT2D eigenvalue weighted by molar-refractivity contribution is 0.0936. The smallest absolute Gasteiger partial charge is 0.251 e. The number of rotatable bonds is 5. The van der Waals surface area contributed by atoms with E-state index in [0.717, 1.165) is 39.0 Å². The Morgan fingerprint density at radius 1 is 1.38 bits per heavy atom. The van der Waals surface area contributed by atoms with E-state index in [1.54, 1.807) is 25.3 Å². The summed E-state index contributed by atoms with van der Waals surface area (Å²) in [5.41, 5.74) is 6.87. The number of piperidine rings is 1. The van der Waals surface area contributed by atoms with Crippen LogP contribution in [-0.2, 0) is 0 Å². The summed E-state index contributed by atoms with van der Waals surface area (Å²) in [7, 11) is 1.57. The first-order chi connectivity index (χ1) is 10.1. The average Bonchev–Trinajstić information content (AvgIpc) is 2.52. The minimum atomic E-state index is -0.0847. The lowest BCUT2D eigenvalue weighted by Gasteiger charge is -2.31. The van der Waals surface area contributed by atoms with Gasteiger partial charge in [-0.2, -0.15) is 0 Å². The van der Waals surface area contributed by atoms with Gasteiger partial charge in [-0.1, -0.05) is 6.92 Å². The molecule has 5 nitrogen and oxygen atoms in total. The first kappa shape index (κ1) is 15.6. The summed E-state index contributed by atoms with van der Waals surface area (Å²) in [6.07, 6.45) is 2.29. The fourth-order valence-corrected chi connectivity index (χ4v) is 2.72. The van der Waals surface area contributed by atoms with Crippen molar-refractivity contribution in [2.24, 2.45) is 5.92 Å². The molecular formula is C16H25N3O2. The van der Waals surface area contributed by atoms with Crippen LogP contribution < -0.4 is 15.8 Å². The number of anilines is 1. The van der Waals surface area contributed by atoms with Crippen LogP contribution in [0.3, 0.4) is 0 Å². The maximum atomic E-state index is 12.2. The number of likely N-dealkylation sites (tertiary alicyclic amines) is 1. The van der Waals surface area contributed by atoms with E-state index in [2.05, 4.69) is 17.1 Å². The van der Waals surface area contributed by atoms with Crippen LogP contribution in [0.5, 0.6) is 5.75 Å². The largest absolute Gasteiger partial charge is 0.497 e. The van der Waals surface area contributed by atoms with Gasteiger partial charge in [0.15, 0.2) is 0 Å². The Morgan fingerprint density at radius 2 is 2.10 bits per heavy atom. The molecule has 116 valence electrons. The molecule has 1 aliphatic rings. The quantitative estimate of drug-likeness (QED) is 0.811. The number of methoxy groups -OCH3 is 1. The Labute approximate surface area is 126 Å². The molecule has 0 saturated carbocycles. The van der Waals surface area contributed by atoms with Gasteiger partial charge in [0, 0.05) is 23.9 Å². The zero-order valence-corrected chi connectivity index (χ0v) is 12.9. The van der Waals surface area contributed by atoms with Crippen LogP contribution in [0.2, 0.25) is 0 Å². The van der Waals surface area contributed by atoms with Gasteiger partial charge in [-0.05, 0) is 50.5 Å². The number of nitrogens with two attached hydrogens (primary N) is 1. The van der Waals surface area contributed by atoms with Gasteiger partial charge in [0.1, 0.15) is 5.75 Å². The molecule has 1 saturated heterocycles. The normalized spacial score (nSPS) is 16.7. The predicted molar refractivity (Wildman–Crippen MR) is 84.6 cm³/mol. The minimum absolute atomic E-state index is 0.0847. The molecule has 0 atom stereocenters. The third-order valence-corrected chi connectivity index (χ3v) is 4.13. The Balaban J connectivity index is 1.86. The fraction of sp³-hybridized carbons (Fsp3) is 0.562. The number of nitrogens with one attached hydrogen (secondary N) is 1. The van der Waals surface area contributed by atoms with E-state index in [1.807, 2.05) is 0 Å². The first-order valence-corrected chi connectivity index (χ1v) is 7.57. The van der Waals surface area contributed by atoms with Crippen LogP contribution in [0.25, 0.3) is 0 Å². The molecule has 1 amide bonds. The molecule has 3 N–H and O–H groups in total. The molecule has 1 aliphatic heterocycles. The second kappa shape index (κ2) is 7.31. The first-order valence-electron chi connectivity index (χ1n) is 7.57. The summed E-state index contributed by atoms with van der Waals surface area (Å²) in [6, 6.07) is 5.10. The molecule has 0 spiro atoms. The fourth-order valence-electron chi connectivity index (χ4n) is 2.72. The Morgan fingerprint density at radius 3 is 2.71 bits per heavy atom. The highest BCUT2D eigenvalue weighted by atomic mass is 16.5. The number of hydrogen-bond donors (Lipinski definition) is 2. The van der Waals surface area contributed by atoms with Crippen molar-refractivity contribution in [1.82, 2.24) is 10.2 Å². The van der Waals surface area contributed by atoms with Crippen LogP contribution in [0.15, 0.2) is 18.2 Å². The van der Waals surface area contributed by atoms with E-state index in [4.69, 9.17) is 10.5 Å². The SMILES string of the molecule is CCN1CCC(CNC(=O)c2cc(N)cc(OC)c2)CC1. The Bertz CT molecular complexity index is 482. The molecule has 5 heteroatoms. The maximum Gasteiger partial charge on any atom is 0.251 e. The molecular weight excluding hydrogens is 266 g/mol. The molecule has 1 heterocycles. The molecule has 0 unspecified atom stereocenters. The van der Waals surface area contributed by atoms with E-state index in [0.29, 0.717) is 22.9 Å². The van der Waals surface area contributed by atoms with Gasteiger partial charge < -0.3 is 20.7 Å². The van der Waals surface area contributed by atoms with Crippen LogP contribution in [-0.4, -0.2) is 44.1 Å². The lowest BCUT2D eigenvalue weighted by atomic mass is 9.96. The Kier molecular flexibility index (Phi) is 5.44. The van der Waals surface area contributed by atoms with E-state index in [1.165, 1.54) is 0 Å². The van der Waals surface area contributed by atoms with Crippen LogP contribution >= 0.6 is 0 Å². The van der Waals surface area contributed by atoms with Gasteiger partial charge in [0.2, 0.25) is 0 Å². The van der Waals surface area contributed by atoms with Crippen molar-refractivity contribution < 1.29 is 9.53 Å². The number of ether oxygens (including phenoxy) is 1. The average molecular weight is 291 g/mol. The van der Waals surface area contributed by atoms with E-state index >= 15 is 0 Å². The standard InChI is InChI=1S/C16H25N3O2/c1-3-19-6-4-12(5-7-19)11-18-16(20)13-8-14(17)10-15(9-13)21-2/h8-10,12H,3-7,11,17H2,1-2H3,(H,18,20). The number of carbonyl (C=O) groups is 1. The molecule has 0 radical (unpaired) electrons. The van der Waals surface area contributed by atoms with E-state index in [-0.39, 0.29) is 5.91 Å². The highest BCUT2D eigenvalue weighted by Gasteiger charge is 2.19. The van der Waals surface area contributed by atoms with Crippen molar-refractivity contribution in [3.63, 3.8) is 0 Å². The van der Waals surface area contributed by atoms with Crippen molar-refractivity contribution in [1.29, 1.82) is 0 Å². The van der Waals surface area contributed by atoms with Crippen molar-refractivity contribution in [2.75, 3.05) is 39.0 Å². The lowest BCUT2D eigenvalue weighted by Crippen LogP contribution is -2.38. The highest BCUT2D eigenvalue weighted by Crippen LogP contribution is 2.19. The number of carbonyl (C=O) groups excluding carboxylic acids is 1. The predicted octanol–water partition coefficient (Wildman–Crippen LogP) is 1.74. The summed E-state index contributed by atoms with van der Waals surface area (Å²) in [6.45, 7) is 6.29. The summed E-state index contributed by atoms with van der Waals surface area (Å²) in [4.78, 5) is 14.6. The van der Waals surface area contributed by atoms with Gasteiger partial charge >= 0.3 is 0 Å². The minimum Gasteiger partial charge on any atom is -0.497 e. The number of amides is 1. The molecule has 0 aliphatic carbocycles. The second-order valence-electron chi connectivity index (χ2n) is 5.58. The zero-order chi connectivity index (χ0) is 15.2. The molecule has 1 fully saturated rings. The van der Waals surface area contributed by atoms with Gasteiger partial charge in [-0.3, -0.25) is 4.79 Å². The number of benzene rings is 1. The molecule has 0 aromatic heterocycles. The van der Waals surface area contributed by atoms with Crippen LogP contribution in [0.4, 0.5) is 5.69 Å². The molecule has 21 heavy (non-hydrogen) atoms. The second-order valence-corrected chi connectivity index (χ2v) is 5.58. The van der Waals surface area contributed by atoms with Crippen LogP contribution in [0, 0.1) is 5.92 Å². The third-order valence-electron chi connectivity index (χ3n) is 4.13. The van der Waals surface area contributed by atoms with Gasteiger partial charge in [0.25, 0.3) is 5.91 Å². The van der Waals surface area contributed by atoms with Crippen molar-refractivity contribution >= 4 is 11.6 Å². The monoisotopic (exact) mass is 291 g/mol. The van der Waals surface area contributed by atoms with Gasteiger partial charge in [0.05, 0.1) is 7.11 Å². The van der Waals surface area contributed by atoms with Crippen molar-refractivity contribution in [2.45, 2.75) is 19.8 Å². The molecule has 1 aromatic rings. The topological polar surface area (TPSA) is 67.6 Å². The third kappa shape index (κ3) is 4.36. The summed E-state index contributed by atoms with van der Waals surface area (Å²) >= 11 is 0. The van der Waals surface area contributed by atoms with Crippen molar-refractivity contribution in [3.8, 4) is 5.75 Å². The summed E-state index contributed by atoms with van der Waals surface area (Å²) in [5, 5.41) is 3.01. The number of nitrogens with zero attached hydrogens (tertiary/aromatic N) is 1. The van der Waals surface area contributed by atoms with E-state index < -0.39 is 0 Å². The number of hydrogen-bond acceptors (Lipinski definition) is 4. The number of nitrogen functional groups attached to an aromatic ring is 1. The van der Waals surface area contributed by atoms with Gasteiger partial charge in [-0.15, -0.1) is 0 Å². The van der Waals surface area contributed by atoms with Crippen molar-refractivity contribution in [3.05, 3.63) is 23.8 Å². The molecule has 2 rings (SSSR count). The van der Waals surface area contributed by atoms with Gasteiger partial charge in [-0.25, -0.2) is 0 Å². The van der Waals surface area contributed by atoms with E-state index in [9.17, 15) is 4.79 Å². The Hall–Kier alpha value is -1.75. The molecule has 1 aromatic carbocycles. The summed E-state index contributed by atoms with van der Waals surface area (Å²) in [5.74, 6) is 1.09. The molecule has 0 bridgehead atoms. The van der Waals surface area contributed by atoms with Crippen LogP contribution in [0.1, 0.15) is 30.1 Å². The zero-order valence-electron chi connectivity index (χ0n) is 12.9. The summed E-state index contributed by atoms with van der Waals surface area (Å²) < 4.78 is 5.14. The highest BCUT2D eigenvalue weighted by molar-refractivity contribution is 5.95.